The summed E-state index contributed by atoms with van der Waals surface area (Å²) in [7, 11) is 0. The minimum atomic E-state index is 0.792. The summed E-state index contributed by atoms with van der Waals surface area (Å²) in [5.41, 5.74) is 8.81. The molecule has 0 aliphatic rings. The maximum absolute atomic E-state index is 5.90. The minimum Gasteiger partial charge on any atom is -0.398 e. The third kappa shape index (κ3) is 1.56. The van der Waals surface area contributed by atoms with Crippen LogP contribution < -0.4 is 5.73 Å². The van der Waals surface area contributed by atoms with E-state index in [1.165, 1.54) is 0 Å². The van der Waals surface area contributed by atoms with E-state index >= 15 is 0 Å². The van der Waals surface area contributed by atoms with E-state index in [1.54, 1.807) is 0 Å². The van der Waals surface area contributed by atoms with Crippen LogP contribution in [0.15, 0.2) is 18.2 Å². The summed E-state index contributed by atoms with van der Waals surface area (Å²) < 4.78 is 2.09. The molecule has 0 spiro atoms. The van der Waals surface area contributed by atoms with Gasteiger partial charge < -0.3 is 10.3 Å². The highest BCUT2D eigenvalue weighted by Gasteiger charge is 2.12. The van der Waals surface area contributed by atoms with Gasteiger partial charge in [0.1, 0.15) is 5.82 Å². The van der Waals surface area contributed by atoms with Crippen LogP contribution in [0.2, 0.25) is 0 Å². The van der Waals surface area contributed by atoms with Gasteiger partial charge in [-0.3, -0.25) is 0 Å². The molecule has 0 atom stereocenters. The average Bonchev–Trinajstić information content (AvgIpc) is 2.63. The van der Waals surface area contributed by atoms with Crippen molar-refractivity contribution in [2.75, 3.05) is 5.73 Å². The first-order valence-electron chi connectivity index (χ1n) is 5.40. The molecular weight excluding hydrogens is 200 g/mol. The average molecular weight is 216 g/mol. The molecule has 2 rings (SSSR count). The molecule has 0 aliphatic heterocycles. The van der Waals surface area contributed by atoms with Gasteiger partial charge in [-0.2, -0.15) is 0 Å². The Bertz CT molecular complexity index is 514. The van der Waals surface area contributed by atoms with Gasteiger partial charge in [-0.25, -0.2) is 0 Å². The van der Waals surface area contributed by atoms with E-state index in [4.69, 9.17) is 5.73 Å². The molecule has 0 bridgehead atoms. The lowest BCUT2D eigenvalue weighted by molar-refractivity contribution is 0.736. The van der Waals surface area contributed by atoms with Gasteiger partial charge in [-0.05, 0) is 32.4 Å². The van der Waals surface area contributed by atoms with E-state index in [1.807, 2.05) is 32.0 Å². The topological polar surface area (TPSA) is 56.7 Å². The van der Waals surface area contributed by atoms with Crippen LogP contribution in [0.3, 0.4) is 0 Å². The smallest absolute Gasteiger partial charge is 0.164 e. The Kier molecular flexibility index (Phi) is 2.64. The molecule has 2 aromatic rings. The molecule has 16 heavy (non-hydrogen) atoms. The van der Waals surface area contributed by atoms with Gasteiger partial charge in [0.05, 0.1) is 0 Å². The second kappa shape index (κ2) is 3.96. The van der Waals surface area contributed by atoms with Gasteiger partial charge in [0.25, 0.3) is 0 Å². The van der Waals surface area contributed by atoms with Gasteiger partial charge in [0.2, 0.25) is 0 Å². The molecule has 2 N–H and O–H groups in total. The lowest BCUT2D eigenvalue weighted by atomic mass is 10.1. The van der Waals surface area contributed by atoms with Crippen molar-refractivity contribution in [2.24, 2.45) is 0 Å². The van der Waals surface area contributed by atoms with Crippen molar-refractivity contribution >= 4 is 5.69 Å². The van der Waals surface area contributed by atoms with Crippen molar-refractivity contribution in [3.63, 3.8) is 0 Å². The Hall–Kier alpha value is -1.84. The number of rotatable bonds is 2. The van der Waals surface area contributed by atoms with Gasteiger partial charge in [-0.15, -0.1) is 10.2 Å². The molecule has 0 aliphatic carbocycles. The van der Waals surface area contributed by atoms with E-state index in [-0.39, 0.29) is 0 Å². The molecule has 0 saturated heterocycles. The molecular formula is C12H16N4. The van der Waals surface area contributed by atoms with Crippen LogP contribution in [0.1, 0.15) is 18.3 Å². The molecule has 0 fully saturated rings. The van der Waals surface area contributed by atoms with Crippen LogP contribution in [0.5, 0.6) is 0 Å². The number of hydrogen-bond donors (Lipinski definition) is 1. The summed E-state index contributed by atoms with van der Waals surface area (Å²) in [5.74, 6) is 1.82. The second-order valence-corrected chi connectivity index (χ2v) is 3.83. The van der Waals surface area contributed by atoms with Crippen LogP contribution in [0.25, 0.3) is 11.4 Å². The second-order valence-electron chi connectivity index (χ2n) is 3.83. The maximum Gasteiger partial charge on any atom is 0.164 e. The van der Waals surface area contributed by atoms with E-state index in [0.29, 0.717) is 0 Å². The molecule has 1 aromatic carbocycles. The van der Waals surface area contributed by atoms with Crippen LogP contribution >= 0.6 is 0 Å². The summed E-state index contributed by atoms with van der Waals surface area (Å²) in [6.45, 7) is 6.92. The molecule has 4 nitrogen and oxygen atoms in total. The van der Waals surface area contributed by atoms with Crippen LogP contribution in [0.4, 0.5) is 5.69 Å². The standard InChI is InChI=1S/C12H16N4/c1-4-16-9(3)14-15-12(16)10-6-5-7-11(13)8(10)2/h5-7H,4,13H2,1-3H3. The molecule has 0 unspecified atom stereocenters. The number of nitrogen functional groups attached to an aromatic ring is 1. The minimum absolute atomic E-state index is 0.792. The zero-order chi connectivity index (χ0) is 11.7. The van der Waals surface area contributed by atoms with Gasteiger partial charge in [0.15, 0.2) is 5.82 Å². The lowest BCUT2D eigenvalue weighted by Gasteiger charge is -2.09. The molecule has 0 radical (unpaired) electrons. The highest BCUT2D eigenvalue weighted by Crippen LogP contribution is 2.25. The number of benzene rings is 1. The van der Waals surface area contributed by atoms with Crippen molar-refractivity contribution < 1.29 is 0 Å². The van der Waals surface area contributed by atoms with Crippen molar-refractivity contribution in [3.8, 4) is 11.4 Å². The SMILES string of the molecule is CCn1c(C)nnc1-c1cccc(N)c1C. The van der Waals surface area contributed by atoms with E-state index < -0.39 is 0 Å². The molecule has 1 heterocycles. The van der Waals surface area contributed by atoms with Crippen LogP contribution in [-0.4, -0.2) is 14.8 Å². The summed E-state index contributed by atoms with van der Waals surface area (Å²) in [6, 6.07) is 5.88. The monoisotopic (exact) mass is 216 g/mol. The number of hydrogen-bond acceptors (Lipinski definition) is 3. The fourth-order valence-electron chi connectivity index (χ4n) is 1.85. The highest BCUT2D eigenvalue weighted by molar-refractivity contribution is 5.68. The number of nitrogens with zero attached hydrogens (tertiary/aromatic N) is 3. The summed E-state index contributed by atoms with van der Waals surface area (Å²) in [4.78, 5) is 0. The summed E-state index contributed by atoms with van der Waals surface area (Å²) >= 11 is 0. The first kappa shape index (κ1) is 10.7. The highest BCUT2D eigenvalue weighted by atomic mass is 15.3. The zero-order valence-corrected chi connectivity index (χ0v) is 9.86. The quantitative estimate of drug-likeness (QED) is 0.783. The first-order valence-corrected chi connectivity index (χ1v) is 5.40. The van der Waals surface area contributed by atoms with Gasteiger partial charge >= 0.3 is 0 Å². The molecule has 0 saturated carbocycles. The van der Waals surface area contributed by atoms with Gasteiger partial charge in [0, 0.05) is 17.8 Å². The number of nitrogens with two attached hydrogens (primary N) is 1. The predicted molar refractivity (Wildman–Crippen MR) is 65.0 cm³/mol. The third-order valence-electron chi connectivity index (χ3n) is 2.87. The Labute approximate surface area is 95.1 Å². The Morgan fingerprint density at radius 2 is 2.00 bits per heavy atom. The molecule has 4 heteroatoms. The summed E-state index contributed by atoms with van der Waals surface area (Å²) in [6.07, 6.45) is 0. The van der Waals surface area contributed by atoms with Crippen molar-refractivity contribution in [2.45, 2.75) is 27.3 Å². The van der Waals surface area contributed by atoms with E-state index in [2.05, 4.69) is 21.7 Å². The van der Waals surface area contributed by atoms with Crippen LogP contribution in [-0.2, 0) is 6.54 Å². The van der Waals surface area contributed by atoms with E-state index in [9.17, 15) is 0 Å². The number of anilines is 1. The number of aromatic nitrogens is 3. The largest absolute Gasteiger partial charge is 0.398 e. The Morgan fingerprint density at radius 1 is 1.25 bits per heavy atom. The van der Waals surface area contributed by atoms with Crippen molar-refractivity contribution in [3.05, 3.63) is 29.6 Å². The normalized spacial score (nSPS) is 10.7. The Morgan fingerprint density at radius 3 is 2.69 bits per heavy atom. The molecule has 84 valence electrons. The van der Waals surface area contributed by atoms with E-state index in [0.717, 1.165) is 35.0 Å². The number of aryl methyl sites for hydroxylation is 1. The first-order chi connectivity index (χ1) is 7.65. The molecule has 1 aromatic heterocycles. The zero-order valence-electron chi connectivity index (χ0n) is 9.86. The fraction of sp³-hybridized carbons (Fsp3) is 0.333. The third-order valence-corrected chi connectivity index (χ3v) is 2.87. The van der Waals surface area contributed by atoms with Gasteiger partial charge in [-0.1, -0.05) is 12.1 Å². The molecule has 0 amide bonds. The van der Waals surface area contributed by atoms with Crippen LogP contribution in [0, 0.1) is 13.8 Å². The van der Waals surface area contributed by atoms with Crippen molar-refractivity contribution in [1.82, 2.24) is 14.8 Å². The fourth-order valence-corrected chi connectivity index (χ4v) is 1.85. The maximum atomic E-state index is 5.90. The summed E-state index contributed by atoms with van der Waals surface area (Å²) in [5, 5.41) is 8.32. The predicted octanol–water partition coefficient (Wildman–Crippen LogP) is 2.16. The lowest BCUT2D eigenvalue weighted by Crippen LogP contribution is -2.02. The Balaban J connectivity index is 2.63. The van der Waals surface area contributed by atoms with Crippen molar-refractivity contribution in [1.29, 1.82) is 0 Å².